The number of phenolic OH excluding ortho intramolecular Hbond substituents is 1. The van der Waals surface area contributed by atoms with Gasteiger partial charge in [0.2, 0.25) is 11.8 Å². The molecule has 3 aromatic carbocycles. The molecule has 0 aliphatic rings. The number of carbonyl (C=O) groups excluding carboxylic acids is 3. The van der Waals surface area contributed by atoms with Crippen molar-refractivity contribution in [1.29, 1.82) is 0 Å². The van der Waals surface area contributed by atoms with Gasteiger partial charge in [-0.1, -0.05) is 72.8 Å². The summed E-state index contributed by atoms with van der Waals surface area (Å²) in [6, 6.07) is 23.2. The van der Waals surface area contributed by atoms with Gasteiger partial charge >= 0.3 is 6.09 Å². The number of amides is 3. The van der Waals surface area contributed by atoms with Crippen molar-refractivity contribution in [3.63, 3.8) is 0 Å². The van der Waals surface area contributed by atoms with Gasteiger partial charge in [-0.2, -0.15) is 11.8 Å². The molecule has 0 heterocycles. The maximum Gasteiger partial charge on any atom is 0.408 e. The van der Waals surface area contributed by atoms with E-state index in [1.807, 2.05) is 60.7 Å². The summed E-state index contributed by atoms with van der Waals surface area (Å²) in [5.74, 6) is -0.273. The van der Waals surface area contributed by atoms with Crippen LogP contribution in [0.25, 0.3) is 0 Å². The molecule has 3 amide bonds. The number of carbonyl (C=O) groups is 3. The summed E-state index contributed by atoms with van der Waals surface area (Å²) in [5, 5.41) is 14.7. The second-order valence-electron chi connectivity index (χ2n) is 8.09. The summed E-state index contributed by atoms with van der Waals surface area (Å²) in [5.41, 5.74) is 8.14. The molecule has 0 bridgehead atoms. The molecule has 0 saturated heterocycles. The molecule has 36 heavy (non-hydrogen) atoms. The number of thioether (sulfide) groups is 1. The van der Waals surface area contributed by atoms with E-state index < -0.39 is 30.0 Å². The highest BCUT2D eigenvalue weighted by Crippen LogP contribution is 2.14. The highest BCUT2D eigenvalue weighted by molar-refractivity contribution is 7.98. The molecular formula is C27H29N3O5S. The predicted molar refractivity (Wildman–Crippen MR) is 139 cm³/mol. The van der Waals surface area contributed by atoms with Gasteiger partial charge in [-0.3, -0.25) is 9.59 Å². The lowest BCUT2D eigenvalue weighted by atomic mass is 10.0. The fourth-order valence-corrected chi connectivity index (χ4v) is 4.34. The minimum atomic E-state index is -0.995. The lowest BCUT2D eigenvalue weighted by Crippen LogP contribution is -2.54. The number of rotatable bonds is 12. The fourth-order valence-electron chi connectivity index (χ4n) is 3.32. The largest absolute Gasteiger partial charge is 0.508 e. The van der Waals surface area contributed by atoms with Crippen LogP contribution in [0.15, 0.2) is 84.9 Å². The molecule has 3 aromatic rings. The summed E-state index contributed by atoms with van der Waals surface area (Å²) < 4.78 is 5.28. The van der Waals surface area contributed by atoms with Gasteiger partial charge in [0.05, 0.1) is 0 Å². The van der Waals surface area contributed by atoms with E-state index in [-0.39, 0.29) is 24.5 Å². The third kappa shape index (κ3) is 8.99. The standard InChI is InChI=1S/C27H29N3O5S/c28-25(32)23(15-19-11-13-22(31)14-12-19)29-26(33)24(18-36-17-21-9-5-2-6-10-21)30-27(34)35-16-20-7-3-1-4-8-20/h1-14,23-24,31H,15-18H2,(H2,28,32)(H,29,33)(H,30,34)/t23-,24+/m1/s1. The second-order valence-corrected chi connectivity index (χ2v) is 9.12. The van der Waals surface area contributed by atoms with E-state index in [0.717, 1.165) is 11.1 Å². The van der Waals surface area contributed by atoms with E-state index in [9.17, 15) is 19.5 Å². The monoisotopic (exact) mass is 507 g/mol. The molecular weight excluding hydrogens is 478 g/mol. The highest BCUT2D eigenvalue weighted by atomic mass is 32.2. The maximum absolute atomic E-state index is 13.1. The Morgan fingerprint density at radius 2 is 1.42 bits per heavy atom. The van der Waals surface area contributed by atoms with Gasteiger partial charge in [-0.15, -0.1) is 0 Å². The Labute approximate surface area is 214 Å². The smallest absolute Gasteiger partial charge is 0.408 e. The van der Waals surface area contributed by atoms with Gasteiger partial charge in [0, 0.05) is 17.9 Å². The van der Waals surface area contributed by atoms with Crippen LogP contribution in [0, 0.1) is 0 Å². The Balaban J connectivity index is 1.63. The normalized spacial score (nSPS) is 12.2. The van der Waals surface area contributed by atoms with Crippen molar-refractivity contribution < 1.29 is 24.2 Å². The zero-order chi connectivity index (χ0) is 25.8. The third-order valence-corrected chi connectivity index (χ3v) is 6.36. The van der Waals surface area contributed by atoms with Crippen molar-refractivity contribution in [2.45, 2.75) is 30.9 Å². The summed E-state index contributed by atoms with van der Waals surface area (Å²) in [7, 11) is 0. The predicted octanol–water partition coefficient (Wildman–Crippen LogP) is 3.13. The molecule has 0 spiro atoms. The number of benzene rings is 3. The topological polar surface area (TPSA) is 131 Å². The van der Waals surface area contributed by atoms with Crippen LogP contribution in [0.4, 0.5) is 4.79 Å². The van der Waals surface area contributed by atoms with Crippen LogP contribution in [0.3, 0.4) is 0 Å². The molecule has 0 aliphatic carbocycles. The molecule has 188 valence electrons. The molecule has 0 unspecified atom stereocenters. The van der Waals surface area contributed by atoms with E-state index in [1.165, 1.54) is 23.9 Å². The van der Waals surface area contributed by atoms with Gasteiger partial charge in [-0.25, -0.2) is 4.79 Å². The Kier molecular flexibility index (Phi) is 10.2. The Morgan fingerprint density at radius 3 is 2.03 bits per heavy atom. The molecule has 8 nitrogen and oxygen atoms in total. The highest BCUT2D eigenvalue weighted by Gasteiger charge is 2.26. The van der Waals surface area contributed by atoms with E-state index in [0.29, 0.717) is 11.3 Å². The number of ether oxygens (including phenoxy) is 1. The fraction of sp³-hybridized carbons (Fsp3) is 0.222. The van der Waals surface area contributed by atoms with Crippen molar-refractivity contribution in [1.82, 2.24) is 10.6 Å². The second kappa shape index (κ2) is 13.8. The van der Waals surface area contributed by atoms with Crippen LogP contribution >= 0.6 is 11.8 Å². The van der Waals surface area contributed by atoms with Gasteiger partial charge < -0.3 is 26.2 Å². The van der Waals surface area contributed by atoms with Gasteiger partial charge in [-0.05, 0) is 28.8 Å². The molecule has 9 heteroatoms. The van der Waals surface area contributed by atoms with Crippen molar-refractivity contribution in [2.75, 3.05) is 5.75 Å². The first-order valence-corrected chi connectivity index (χ1v) is 12.5. The van der Waals surface area contributed by atoms with Crippen LogP contribution in [0.5, 0.6) is 5.75 Å². The van der Waals surface area contributed by atoms with Gasteiger partial charge in [0.15, 0.2) is 0 Å². The first kappa shape index (κ1) is 26.6. The van der Waals surface area contributed by atoms with Crippen molar-refractivity contribution in [3.8, 4) is 5.75 Å². The summed E-state index contributed by atoms with van der Waals surface area (Å²) in [6.07, 6.45) is -0.600. The van der Waals surface area contributed by atoms with Crippen LogP contribution < -0.4 is 16.4 Å². The van der Waals surface area contributed by atoms with Crippen molar-refractivity contribution >= 4 is 29.7 Å². The zero-order valence-electron chi connectivity index (χ0n) is 19.6. The molecule has 5 N–H and O–H groups in total. The van der Waals surface area contributed by atoms with E-state index >= 15 is 0 Å². The minimum Gasteiger partial charge on any atom is -0.508 e. The summed E-state index contributed by atoms with van der Waals surface area (Å²) in [6.45, 7) is 0.0585. The molecule has 0 fully saturated rings. The lowest BCUT2D eigenvalue weighted by molar-refractivity contribution is -0.128. The number of nitrogens with two attached hydrogens (primary N) is 1. The quantitative estimate of drug-likeness (QED) is 0.298. The Morgan fingerprint density at radius 1 is 0.806 bits per heavy atom. The van der Waals surface area contributed by atoms with Gasteiger partial charge in [0.25, 0.3) is 0 Å². The van der Waals surface area contributed by atoms with Crippen LogP contribution in [-0.2, 0) is 33.1 Å². The Hall–Kier alpha value is -3.98. The number of aromatic hydroxyl groups is 1. The first-order chi connectivity index (χ1) is 17.4. The molecule has 0 aromatic heterocycles. The third-order valence-electron chi connectivity index (χ3n) is 5.25. The van der Waals surface area contributed by atoms with Crippen LogP contribution in [-0.4, -0.2) is 40.9 Å². The molecule has 0 radical (unpaired) electrons. The molecule has 2 atom stereocenters. The molecule has 3 rings (SSSR count). The van der Waals surface area contributed by atoms with E-state index in [4.69, 9.17) is 10.5 Å². The average molecular weight is 508 g/mol. The summed E-state index contributed by atoms with van der Waals surface area (Å²) in [4.78, 5) is 37.6. The van der Waals surface area contributed by atoms with Crippen molar-refractivity contribution in [2.24, 2.45) is 5.73 Å². The molecule has 0 aliphatic heterocycles. The average Bonchev–Trinajstić information content (AvgIpc) is 2.89. The lowest BCUT2D eigenvalue weighted by Gasteiger charge is -2.22. The molecule has 0 saturated carbocycles. The van der Waals surface area contributed by atoms with Gasteiger partial charge in [0.1, 0.15) is 24.4 Å². The van der Waals surface area contributed by atoms with E-state index in [1.54, 1.807) is 12.1 Å². The number of primary amides is 1. The van der Waals surface area contributed by atoms with Crippen LogP contribution in [0.2, 0.25) is 0 Å². The summed E-state index contributed by atoms with van der Waals surface area (Å²) >= 11 is 1.47. The maximum atomic E-state index is 13.1. The number of nitrogens with one attached hydrogen (secondary N) is 2. The van der Waals surface area contributed by atoms with E-state index in [2.05, 4.69) is 10.6 Å². The Bertz CT molecular complexity index is 1130. The number of hydrogen-bond acceptors (Lipinski definition) is 6. The number of alkyl carbamates (subject to hydrolysis) is 1. The first-order valence-electron chi connectivity index (χ1n) is 11.4. The van der Waals surface area contributed by atoms with Crippen molar-refractivity contribution in [3.05, 3.63) is 102 Å². The minimum absolute atomic E-state index is 0.0585. The number of hydrogen-bond donors (Lipinski definition) is 4. The SMILES string of the molecule is NC(=O)[C@@H](Cc1ccc(O)cc1)NC(=O)[C@H](CSCc1ccccc1)NC(=O)OCc1ccccc1. The number of phenols is 1. The zero-order valence-corrected chi connectivity index (χ0v) is 20.4. The van der Waals surface area contributed by atoms with Crippen LogP contribution in [0.1, 0.15) is 16.7 Å².